The van der Waals surface area contributed by atoms with Crippen LogP contribution in [0.3, 0.4) is 0 Å². The zero-order chi connectivity index (χ0) is 38.2. The first-order valence-electron chi connectivity index (χ1n) is 18.0. The highest BCUT2D eigenvalue weighted by Crippen LogP contribution is 2.49. The molecule has 11 heteroatoms. The monoisotopic (exact) mass is 768 g/mol. The van der Waals surface area contributed by atoms with E-state index in [0.29, 0.717) is 47.5 Å². The van der Waals surface area contributed by atoms with Crippen LogP contribution in [0.2, 0.25) is 0 Å². The van der Waals surface area contributed by atoms with Crippen LogP contribution in [0, 0.1) is 6.92 Å². The normalized spacial score (nSPS) is 12.5. The van der Waals surface area contributed by atoms with Crippen molar-refractivity contribution in [1.29, 1.82) is 0 Å². The zero-order valence-electron chi connectivity index (χ0n) is 31.8. The van der Waals surface area contributed by atoms with Crippen molar-refractivity contribution in [2.45, 2.75) is 76.5 Å². The highest BCUT2D eigenvalue weighted by atomic mass is 32.2. The number of benzene rings is 4. The van der Waals surface area contributed by atoms with Gasteiger partial charge in [0.15, 0.2) is 0 Å². The van der Waals surface area contributed by atoms with E-state index in [0.717, 1.165) is 22.4 Å². The lowest BCUT2D eigenvalue weighted by molar-refractivity contribution is 0.220. The molecule has 0 N–H and O–H groups in total. The summed E-state index contributed by atoms with van der Waals surface area (Å²) < 4.78 is 78.6. The van der Waals surface area contributed by atoms with Gasteiger partial charge in [0.1, 0.15) is 17.2 Å². The fourth-order valence-corrected chi connectivity index (χ4v) is 11.4. The van der Waals surface area contributed by atoms with Gasteiger partial charge in [-0.1, -0.05) is 69.7 Å². The highest BCUT2D eigenvalue weighted by molar-refractivity contribution is 7.91. The maximum Gasteiger partial charge on any atom is 0.330 e. The van der Waals surface area contributed by atoms with Crippen molar-refractivity contribution in [3.63, 3.8) is 0 Å². The minimum atomic E-state index is -4.06. The molecule has 0 aliphatic carbocycles. The maximum absolute atomic E-state index is 14.5. The van der Waals surface area contributed by atoms with Crippen molar-refractivity contribution in [2.75, 3.05) is 45.0 Å². The lowest BCUT2D eigenvalue weighted by Crippen LogP contribution is -2.18. The molecule has 0 heterocycles. The standard InChI is InChI=1S/C41H54O8P2S/c1-9-47-51(43,48-10-2)28-26-33-30-38(49-37-20-16-35(17-21-37)41(6,7)34-14-18-36(46-8)19-15-34)22-24-40(33)52(44,45)39-23-13-31(5)29-32(39)25-27-50(42,11-3)12-4/h13-24,29-30H,9-12,25-28H2,1-8H3. The van der Waals surface area contributed by atoms with Gasteiger partial charge in [-0.15, -0.1) is 0 Å². The molecule has 0 saturated carbocycles. The van der Waals surface area contributed by atoms with E-state index in [1.807, 2.05) is 63.2 Å². The predicted octanol–water partition coefficient (Wildman–Crippen LogP) is 10.7. The van der Waals surface area contributed by atoms with Crippen LogP contribution in [-0.2, 0) is 46.3 Å². The Kier molecular flexibility index (Phi) is 14.2. The van der Waals surface area contributed by atoms with Crippen LogP contribution in [0.4, 0.5) is 0 Å². The van der Waals surface area contributed by atoms with Crippen molar-refractivity contribution in [1.82, 2.24) is 0 Å². The van der Waals surface area contributed by atoms with E-state index in [4.69, 9.17) is 18.5 Å². The molecule has 0 saturated heterocycles. The van der Waals surface area contributed by atoms with Crippen molar-refractivity contribution in [3.05, 3.63) is 113 Å². The van der Waals surface area contributed by atoms with Crippen LogP contribution in [0.25, 0.3) is 0 Å². The first-order chi connectivity index (χ1) is 24.6. The minimum absolute atomic E-state index is 0.00721. The van der Waals surface area contributed by atoms with Gasteiger partial charge in [-0.05, 0) is 117 Å². The lowest BCUT2D eigenvalue weighted by atomic mass is 9.78. The smallest absolute Gasteiger partial charge is 0.330 e. The molecule has 0 amide bonds. The van der Waals surface area contributed by atoms with E-state index >= 15 is 0 Å². The molecule has 0 aromatic heterocycles. The Balaban J connectivity index is 1.71. The third-order valence-corrected chi connectivity index (χ3v) is 17.1. The van der Waals surface area contributed by atoms with Gasteiger partial charge in [0, 0.05) is 11.6 Å². The van der Waals surface area contributed by atoms with E-state index in [-0.39, 0.29) is 41.0 Å². The van der Waals surface area contributed by atoms with E-state index in [1.54, 1.807) is 51.3 Å². The summed E-state index contributed by atoms with van der Waals surface area (Å²) in [6.07, 6.45) is 2.08. The second-order valence-electron chi connectivity index (χ2n) is 13.4. The van der Waals surface area contributed by atoms with Crippen molar-refractivity contribution in [2.24, 2.45) is 0 Å². The van der Waals surface area contributed by atoms with Crippen LogP contribution in [0.5, 0.6) is 17.2 Å². The van der Waals surface area contributed by atoms with Crippen LogP contribution >= 0.6 is 14.7 Å². The summed E-state index contributed by atoms with van der Waals surface area (Å²) in [5.41, 5.74) is 3.96. The zero-order valence-corrected chi connectivity index (χ0v) is 34.4. The average molecular weight is 769 g/mol. The van der Waals surface area contributed by atoms with Gasteiger partial charge < -0.3 is 23.1 Å². The summed E-state index contributed by atoms with van der Waals surface area (Å²) in [5, 5.41) is 0. The van der Waals surface area contributed by atoms with E-state index in [2.05, 4.69) is 26.0 Å². The Bertz CT molecular complexity index is 1990. The second kappa shape index (κ2) is 17.8. The van der Waals surface area contributed by atoms with Crippen LogP contribution in [0.15, 0.2) is 94.7 Å². The summed E-state index contributed by atoms with van der Waals surface area (Å²) in [6.45, 7) is 14.0. The molecule has 0 radical (unpaired) electrons. The van der Waals surface area contributed by atoms with Gasteiger partial charge in [0.25, 0.3) is 0 Å². The largest absolute Gasteiger partial charge is 0.497 e. The quantitative estimate of drug-likeness (QED) is 0.0868. The fourth-order valence-electron chi connectivity index (χ4n) is 6.29. The molecule has 4 aromatic carbocycles. The molecule has 4 rings (SSSR count). The number of rotatable bonds is 19. The summed E-state index contributed by atoms with van der Waals surface area (Å²) >= 11 is 0. The number of methoxy groups -OCH3 is 1. The maximum atomic E-state index is 14.5. The summed E-state index contributed by atoms with van der Waals surface area (Å²) in [5.74, 6) is 1.83. The molecule has 0 unspecified atom stereocenters. The first kappa shape index (κ1) is 41.6. The molecule has 282 valence electrons. The number of aryl methyl sites for hydroxylation is 3. The Labute approximate surface area is 311 Å². The van der Waals surface area contributed by atoms with E-state index in [1.165, 1.54) is 0 Å². The topological polar surface area (TPSA) is 105 Å². The van der Waals surface area contributed by atoms with E-state index in [9.17, 15) is 17.5 Å². The molecule has 0 aliphatic rings. The van der Waals surface area contributed by atoms with Crippen molar-refractivity contribution < 1.29 is 36.1 Å². The minimum Gasteiger partial charge on any atom is -0.497 e. The fraction of sp³-hybridized carbons (Fsp3) is 0.415. The summed E-state index contributed by atoms with van der Waals surface area (Å²) in [6, 6.07) is 26.1. The molecule has 0 fully saturated rings. The Hall–Kier alpha value is -3.19. The Morgan fingerprint density at radius 1 is 0.635 bits per heavy atom. The number of sulfone groups is 1. The van der Waals surface area contributed by atoms with E-state index < -0.39 is 24.6 Å². The average Bonchev–Trinajstić information content (AvgIpc) is 3.13. The highest BCUT2D eigenvalue weighted by Gasteiger charge is 2.29. The van der Waals surface area contributed by atoms with Gasteiger partial charge in [-0.25, -0.2) is 8.42 Å². The predicted molar refractivity (Wildman–Crippen MR) is 211 cm³/mol. The molecule has 0 spiro atoms. The molecular formula is C41H54O8P2S. The molecule has 4 aromatic rings. The third-order valence-electron chi connectivity index (χ3n) is 9.70. The van der Waals surface area contributed by atoms with Crippen molar-refractivity contribution in [3.8, 4) is 17.2 Å². The Morgan fingerprint density at radius 2 is 1.12 bits per heavy atom. The molecule has 0 aliphatic heterocycles. The van der Waals surface area contributed by atoms with Crippen molar-refractivity contribution >= 4 is 24.6 Å². The third kappa shape index (κ3) is 10.1. The first-order valence-corrected chi connectivity index (χ1v) is 23.5. The van der Waals surface area contributed by atoms with Crippen LogP contribution < -0.4 is 9.47 Å². The SMILES string of the molecule is CCOP(=O)(CCc1cc(Oc2ccc(C(C)(C)c3ccc(OC)cc3)cc2)ccc1S(=O)(=O)c1ccc(C)cc1CCP(=O)(CC)CC)OCC. The van der Waals surface area contributed by atoms with Gasteiger partial charge >= 0.3 is 7.60 Å². The number of hydrogen-bond donors (Lipinski definition) is 0. The molecule has 8 nitrogen and oxygen atoms in total. The lowest BCUT2D eigenvalue weighted by Gasteiger charge is -2.26. The number of hydrogen-bond acceptors (Lipinski definition) is 8. The second-order valence-corrected chi connectivity index (χ2v) is 21.3. The summed E-state index contributed by atoms with van der Waals surface area (Å²) in [4.78, 5) is 0.273. The van der Waals surface area contributed by atoms with Gasteiger partial charge in [0.2, 0.25) is 9.84 Å². The van der Waals surface area contributed by atoms with Gasteiger partial charge in [0.05, 0.1) is 43.4 Å². The van der Waals surface area contributed by atoms with Gasteiger partial charge in [-0.3, -0.25) is 4.57 Å². The Morgan fingerprint density at radius 3 is 1.63 bits per heavy atom. The number of ether oxygens (including phenoxy) is 2. The molecule has 0 atom stereocenters. The molecule has 52 heavy (non-hydrogen) atoms. The molecule has 0 bridgehead atoms. The van der Waals surface area contributed by atoms with Crippen LogP contribution in [-0.4, -0.2) is 53.4 Å². The van der Waals surface area contributed by atoms with Gasteiger partial charge in [-0.2, -0.15) is 0 Å². The summed E-state index contributed by atoms with van der Waals surface area (Å²) in [7, 11) is -8.30. The van der Waals surface area contributed by atoms with Crippen LogP contribution in [0.1, 0.15) is 69.4 Å². The molecular weight excluding hydrogens is 714 g/mol.